The first kappa shape index (κ1) is 17.8. The van der Waals surface area contributed by atoms with E-state index in [-0.39, 0.29) is 18.5 Å². The number of urea groups is 1. The lowest BCUT2D eigenvalue weighted by Gasteiger charge is -2.34. The van der Waals surface area contributed by atoms with Gasteiger partial charge in [0.15, 0.2) is 6.61 Å². The first-order valence-electron chi connectivity index (χ1n) is 8.70. The van der Waals surface area contributed by atoms with E-state index < -0.39 is 0 Å². The predicted octanol–water partition coefficient (Wildman–Crippen LogP) is 2.75. The molecule has 2 aromatic rings. The molecule has 6 nitrogen and oxygen atoms in total. The summed E-state index contributed by atoms with van der Waals surface area (Å²) in [6.07, 6.45) is 0. The van der Waals surface area contributed by atoms with E-state index in [1.807, 2.05) is 61.5 Å². The number of rotatable bonds is 4. The SMILES string of the molecule is Cc1ccccc1OCC(=O)N1CCN(C(=O)Nc2ccccc2)CC1. The van der Waals surface area contributed by atoms with Gasteiger partial charge < -0.3 is 19.9 Å². The zero-order valence-electron chi connectivity index (χ0n) is 14.9. The summed E-state index contributed by atoms with van der Waals surface area (Å²) < 4.78 is 5.62. The summed E-state index contributed by atoms with van der Waals surface area (Å²) in [5, 5.41) is 2.87. The normalized spacial score (nSPS) is 14.0. The maximum Gasteiger partial charge on any atom is 0.321 e. The van der Waals surface area contributed by atoms with E-state index in [0.717, 1.165) is 17.0 Å². The van der Waals surface area contributed by atoms with Crippen molar-refractivity contribution in [2.75, 3.05) is 38.1 Å². The van der Waals surface area contributed by atoms with Crippen molar-refractivity contribution >= 4 is 17.6 Å². The topological polar surface area (TPSA) is 61.9 Å². The van der Waals surface area contributed by atoms with Crippen molar-refractivity contribution in [2.45, 2.75) is 6.92 Å². The Morgan fingerprint density at radius 1 is 0.923 bits per heavy atom. The molecule has 1 heterocycles. The Bertz CT molecular complexity index is 756. The first-order valence-corrected chi connectivity index (χ1v) is 8.70. The molecule has 0 aromatic heterocycles. The molecular weight excluding hydrogens is 330 g/mol. The largest absolute Gasteiger partial charge is 0.484 e. The summed E-state index contributed by atoms with van der Waals surface area (Å²) in [7, 11) is 0. The minimum atomic E-state index is -0.139. The zero-order chi connectivity index (χ0) is 18.4. The smallest absolute Gasteiger partial charge is 0.321 e. The second-order valence-electron chi connectivity index (χ2n) is 6.22. The number of hydrogen-bond donors (Lipinski definition) is 1. The van der Waals surface area contributed by atoms with E-state index in [1.54, 1.807) is 9.80 Å². The first-order chi connectivity index (χ1) is 12.6. The maximum atomic E-state index is 12.3. The highest BCUT2D eigenvalue weighted by atomic mass is 16.5. The fraction of sp³-hybridized carbons (Fsp3) is 0.300. The van der Waals surface area contributed by atoms with Crippen LogP contribution < -0.4 is 10.1 Å². The number of nitrogens with one attached hydrogen (secondary N) is 1. The van der Waals surface area contributed by atoms with E-state index in [9.17, 15) is 9.59 Å². The van der Waals surface area contributed by atoms with Crippen molar-refractivity contribution in [1.82, 2.24) is 9.80 Å². The fourth-order valence-electron chi connectivity index (χ4n) is 2.83. The molecule has 2 aromatic carbocycles. The highest BCUT2D eigenvalue weighted by Crippen LogP contribution is 2.16. The van der Waals surface area contributed by atoms with Crippen LogP contribution in [-0.2, 0) is 4.79 Å². The number of anilines is 1. The van der Waals surface area contributed by atoms with Crippen molar-refractivity contribution in [3.8, 4) is 5.75 Å². The number of aryl methyl sites for hydroxylation is 1. The summed E-state index contributed by atoms with van der Waals surface area (Å²) in [6.45, 7) is 4.00. The fourth-order valence-corrected chi connectivity index (χ4v) is 2.83. The van der Waals surface area contributed by atoms with Crippen LogP contribution >= 0.6 is 0 Å². The molecule has 0 bridgehead atoms. The van der Waals surface area contributed by atoms with E-state index in [1.165, 1.54) is 0 Å². The molecule has 0 unspecified atom stereocenters. The van der Waals surface area contributed by atoms with Gasteiger partial charge in [0.25, 0.3) is 5.91 Å². The number of benzene rings is 2. The number of ether oxygens (including phenoxy) is 1. The molecule has 1 fully saturated rings. The van der Waals surface area contributed by atoms with Gasteiger partial charge in [-0.05, 0) is 30.7 Å². The average molecular weight is 353 g/mol. The van der Waals surface area contributed by atoms with Crippen molar-refractivity contribution in [3.05, 3.63) is 60.2 Å². The van der Waals surface area contributed by atoms with Crippen LogP contribution in [0, 0.1) is 6.92 Å². The van der Waals surface area contributed by atoms with Gasteiger partial charge >= 0.3 is 6.03 Å². The summed E-state index contributed by atoms with van der Waals surface area (Å²) >= 11 is 0. The van der Waals surface area contributed by atoms with Crippen LogP contribution in [0.2, 0.25) is 0 Å². The maximum absolute atomic E-state index is 12.3. The molecule has 26 heavy (non-hydrogen) atoms. The standard InChI is InChI=1S/C20H23N3O3/c1-16-7-5-6-10-18(16)26-15-19(24)22-11-13-23(14-12-22)20(25)21-17-8-3-2-4-9-17/h2-10H,11-15H2,1H3,(H,21,25). The van der Waals surface area contributed by atoms with Crippen LogP contribution in [0.15, 0.2) is 54.6 Å². The monoisotopic (exact) mass is 353 g/mol. The average Bonchev–Trinajstić information content (AvgIpc) is 2.68. The molecule has 136 valence electrons. The van der Waals surface area contributed by atoms with Gasteiger partial charge in [0, 0.05) is 31.9 Å². The highest BCUT2D eigenvalue weighted by molar-refractivity contribution is 5.89. The highest BCUT2D eigenvalue weighted by Gasteiger charge is 2.24. The van der Waals surface area contributed by atoms with E-state index in [0.29, 0.717) is 26.2 Å². The number of hydrogen-bond acceptors (Lipinski definition) is 3. The summed E-state index contributed by atoms with van der Waals surface area (Å²) in [4.78, 5) is 28.1. The zero-order valence-corrected chi connectivity index (χ0v) is 14.9. The number of carbonyl (C=O) groups is 2. The third kappa shape index (κ3) is 4.53. The lowest BCUT2D eigenvalue weighted by molar-refractivity contribution is -0.134. The number of amides is 3. The van der Waals surface area contributed by atoms with Crippen LogP contribution in [0.1, 0.15) is 5.56 Å². The molecule has 3 rings (SSSR count). The molecule has 3 amide bonds. The summed E-state index contributed by atoms with van der Waals surface area (Å²) in [5.41, 5.74) is 1.77. The second-order valence-corrected chi connectivity index (χ2v) is 6.22. The quantitative estimate of drug-likeness (QED) is 0.919. The third-order valence-electron chi connectivity index (χ3n) is 4.39. The molecule has 1 saturated heterocycles. The van der Waals surface area contributed by atoms with Gasteiger partial charge in [-0.25, -0.2) is 4.79 Å². The molecule has 1 N–H and O–H groups in total. The van der Waals surface area contributed by atoms with Crippen molar-refractivity contribution < 1.29 is 14.3 Å². The Balaban J connectivity index is 1.45. The van der Waals surface area contributed by atoms with Crippen molar-refractivity contribution in [1.29, 1.82) is 0 Å². The Morgan fingerprint density at radius 3 is 2.23 bits per heavy atom. The van der Waals surface area contributed by atoms with E-state index in [4.69, 9.17) is 4.74 Å². The predicted molar refractivity (Wildman–Crippen MR) is 100 cm³/mol. The summed E-state index contributed by atoms with van der Waals surface area (Å²) in [5.74, 6) is 0.665. The molecule has 1 aliphatic rings. The molecule has 0 radical (unpaired) electrons. The van der Waals surface area contributed by atoms with Gasteiger partial charge in [-0.2, -0.15) is 0 Å². The van der Waals surface area contributed by atoms with E-state index in [2.05, 4.69) is 5.32 Å². The van der Waals surface area contributed by atoms with Gasteiger partial charge in [0.1, 0.15) is 5.75 Å². The lowest BCUT2D eigenvalue weighted by atomic mass is 10.2. The van der Waals surface area contributed by atoms with Crippen LogP contribution in [0.25, 0.3) is 0 Å². The van der Waals surface area contributed by atoms with Crippen LogP contribution in [0.5, 0.6) is 5.75 Å². The number of para-hydroxylation sites is 2. The molecule has 0 saturated carbocycles. The number of carbonyl (C=O) groups excluding carboxylic acids is 2. The molecular formula is C20H23N3O3. The van der Waals surface area contributed by atoms with Gasteiger partial charge in [-0.3, -0.25) is 4.79 Å². The number of nitrogens with zero attached hydrogens (tertiary/aromatic N) is 2. The minimum Gasteiger partial charge on any atom is -0.484 e. The van der Waals surface area contributed by atoms with E-state index >= 15 is 0 Å². The molecule has 6 heteroatoms. The van der Waals surface area contributed by atoms with Gasteiger partial charge in [0.2, 0.25) is 0 Å². The molecule has 1 aliphatic heterocycles. The lowest BCUT2D eigenvalue weighted by Crippen LogP contribution is -2.52. The molecule has 0 aliphatic carbocycles. The molecule has 0 atom stereocenters. The van der Waals surface area contributed by atoms with Crippen molar-refractivity contribution in [3.63, 3.8) is 0 Å². The van der Waals surface area contributed by atoms with Crippen LogP contribution in [0.3, 0.4) is 0 Å². The Labute approximate surface area is 153 Å². The third-order valence-corrected chi connectivity index (χ3v) is 4.39. The van der Waals surface area contributed by atoms with Gasteiger partial charge in [0.05, 0.1) is 0 Å². The van der Waals surface area contributed by atoms with Crippen LogP contribution in [-0.4, -0.2) is 54.5 Å². The minimum absolute atomic E-state index is 0.0149. The Hall–Kier alpha value is -3.02. The summed E-state index contributed by atoms with van der Waals surface area (Å²) in [6, 6.07) is 16.8. The number of piperazine rings is 1. The molecule has 0 spiro atoms. The Morgan fingerprint density at radius 2 is 1.54 bits per heavy atom. The second kappa shape index (κ2) is 8.38. The van der Waals surface area contributed by atoms with Gasteiger partial charge in [-0.15, -0.1) is 0 Å². The Kier molecular flexibility index (Phi) is 5.73. The van der Waals surface area contributed by atoms with Crippen LogP contribution in [0.4, 0.5) is 10.5 Å². The van der Waals surface area contributed by atoms with Gasteiger partial charge in [-0.1, -0.05) is 36.4 Å². The van der Waals surface area contributed by atoms with Crippen molar-refractivity contribution in [2.24, 2.45) is 0 Å².